The van der Waals surface area contributed by atoms with Gasteiger partial charge in [0, 0.05) is 31.4 Å². The van der Waals surface area contributed by atoms with Gasteiger partial charge in [0.2, 0.25) is 5.95 Å². The van der Waals surface area contributed by atoms with Crippen molar-refractivity contribution in [2.45, 2.75) is 32.2 Å². The quantitative estimate of drug-likeness (QED) is 0.389. The summed E-state index contributed by atoms with van der Waals surface area (Å²) in [6.07, 6.45) is -2.90. The van der Waals surface area contributed by atoms with Crippen molar-refractivity contribution in [3.8, 4) is 11.6 Å². The Morgan fingerprint density at radius 1 is 1.08 bits per heavy atom. The number of aryl methyl sites for hydroxylation is 1. The number of alkyl halides is 3. The molecule has 2 aromatic carbocycles. The molecule has 1 amide bonds. The number of aromatic nitrogens is 4. The van der Waals surface area contributed by atoms with Crippen LogP contribution in [0.4, 0.5) is 24.8 Å². The first-order valence-electron chi connectivity index (χ1n) is 11.9. The van der Waals surface area contributed by atoms with Crippen molar-refractivity contribution in [3.05, 3.63) is 66.0 Å². The summed E-state index contributed by atoms with van der Waals surface area (Å²) in [7, 11) is 1.82. The standard InChI is InChI=1S/C26H25F3N6O3/c1-15-12-35(13-16(2)37-15)25-32-22-21(30-14-34(22)3)24(33-25)38-20-9-4-6-17(10-20)23(36)31-19-8-5-7-18(11-19)26(27,28)29/h4-11,14-16H,12-13H2,1-3H3,(H,31,36). The van der Waals surface area contributed by atoms with Gasteiger partial charge < -0.3 is 24.3 Å². The molecule has 0 saturated carbocycles. The Hall–Kier alpha value is -4.19. The van der Waals surface area contributed by atoms with Crippen molar-refractivity contribution in [2.75, 3.05) is 23.3 Å². The molecule has 1 N–H and O–H groups in total. The lowest BCUT2D eigenvalue weighted by Crippen LogP contribution is -2.46. The molecule has 9 nitrogen and oxygen atoms in total. The van der Waals surface area contributed by atoms with Crippen molar-refractivity contribution in [1.29, 1.82) is 0 Å². The van der Waals surface area contributed by atoms with Gasteiger partial charge in [-0.2, -0.15) is 23.1 Å². The molecule has 198 valence electrons. The predicted molar refractivity (Wildman–Crippen MR) is 134 cm³/mol. The molecular weight excluding hydrogens is 501 g/mol. The molecule has 5 rings (SSSR count). The number of amides is 1. The summed E-state index contributed by atoms with van der Waals surface area (Å²) in [5.74, 6) is 0.406. The molecule has 12 heteroatoms. The Balaban J connectivity index is 1.41. The highest BCUT2D eigenvalue weighted by atomic mass is 19.4. The maximum absolute atomic E-state index is 13.0. The van der Waals surface area contributed by atoms with E-state index in [-0.39, 0.29) is 29.3 Å². The second-order valence-corrected chi connectivity index (χ2v) is 9.18. The maximum atomic E-state index is 13.0. The van der Waals surface area contributed by atoms with Crippen molar-refractivity contribution in [2.24, 2.45) is 7.05 Å². The first-order valence-corrected chi connectivity index (χ1v) is 11.9. The Morgan fingerprint density at radius 3 is 2.55 bits per heavy atom. The second-order valence-electron chi connectivity index (χ2n) is 9.18. The topological polar surface area (TPSA) is 94.4 Å². The third-order valence-corrected chi connectivity index (χ3v) is 5.98. The Labute approximate surface area is 216 Å². The number of morpholine rings is 1. The highest BCUT2D eigenvalue weighted by molar-refractivity contribution is 6.04. The van der Waals surface area contributed by atoms with Gasteiger partial charge in [-0.1, -0.05) is 12.1 Å². The number of benzene rings is 2. The van der Waals surface area contributed by atoms with Crippen LogP contribution in [0.5, 0.6) is 11.6 Å². The molecule has 4 aromatic rings. The van der Waals surface area contributed by atoms with E-state index in [4.69, 9.17) is 9.47 Å². The molecule has 2 aromatic heterocycles. The number of hydrogen-bond acceptors (Lipinski definition) is 7. The van der Waals surface area contributed by atoms with Gasteiger partial charge >= 0.3 is 6.18 Å². The number of imidazole rings is 1. The van der Waals surface area contributed by atoms with Gasteiger partial charge in [0.1, 0.15) is 5.75 Å². The van der Waals surface area contributed by atoms with Gasteiger partial charge in [-0.05, 0) is 50.2 Å². The predicted octanol–water partition coefficient (Wildman–Crippen LogP) is 5.04. The first kappa shape index (κ1) is 25.5. The van der Waals surface area contributed by atoms with Crippen LogP contribution in [0.25, 0.3) is 11.2 Å². The lowest BCUT2D eigenvalue weighted by molar-refractivity contribution is -0.137. The summed E-state index contributed by atoms with van der Waals surface area (Å²) < 4.78 is 52.8. The zero-order valence-electron chi connectivity index (χ0n) is 20.9. The second kappa shape index (κ2) is 9.93. The van der Waals surface area contributed by atoms with Gasteiger partial charge in [-0.15, -0.1) is 0 Å². The summed E-state index contributed by atoms with van der Waals surface area (Å²) in [5, 5.41) is 2.50. The summed E-state index contributed by atoms with van der Waals surface area (Å²) in [4.78, 5) is 28.5. The molecule has 3 heterocycles. The first-order chi connectivity index (χ1) is 18.1. The molecule has 38 heavy (non-hydrogen) atoms. The summed E-state index contributed by atoms with van der Waals surface area (Å²) >= 11 is 0. The van der Waals surface area contributed by atoms with Crippen LogP contribution in [0.1, 0.15) is 29.8 Å². The third kappa shape index (κ3) is 5.40. The molecule has 1 saturated heterocycles. The SMILES string of the molecule is CC1CN(c2nc(Oc3cccc(C(=O)Nc4cccc(C(F)(F)F)c4)c3)c3ncn(C)c3n2)CC(C)O1. The van der Waals surface area contributed by atoms with Crippen molar-refractivity contribution in [3.63, 3.8) is 0 Å². The minimum absolute atomic E-state index is 0.000900. The Kier molecular flexibility index (Phi) is 6.66. The van der Waals surface area contributed by atoms with E-state index in [0.717, 1.165) is 12.1 Å². The Bertz CT molecular complexity index is 1480. The number of fused-ring (bicyclic) bond motifs is 1. The van der Waals surface area contributed by atoms with E-state index in [1.54, 1.807) is 23.0 Å². The highest BCUT2D eigenvalue weighted by Crippen LogP contribution is 2.32. The number of anilines is 2. The summed E-state index contributed by atoms with van der Waals surface area (Å²) in [6, 6.07) is 10.7. The maximum Gasteiger partial charge on any atom is 0.416 e. The van der Waals surface area contributed by atoms with Gasteiger partial charge in [0.05, 0.1) is 24.1 Å². The van der Waals surface area contributed by atoms with Gasteiger partial charge in [-0.25, -0.2) is 4.98 Å². The number of nitrogens with one attached hydrogen (secondary N) is 1. The number of carbonyl (C=O) groups is 1. The zero-order chi connectivity index (χ0) is 27.0. The van der Waals surface area contributed by atoms with Crippen molar-refractivity contribution >= 4 is 28.7 Å². The molecule has 1 aliphatic heterocycles. The van der Waals surface area contributed by atoms with Crippen molar-refractivity contribution in [1.82, 2.24) is 19.5 Å². The molecule has 1 aliphatic rings. The highest BCUT2D eigenvalue weighted by Gasteiger charge is 2.30. The lowest BCUT2D eigenvalue weighted by atomic mass is 10.1. The number of nitrogens with zero attached hydrogens (tertiary/aromatic N) is 5. The molecule has 2 unspecified atom stereocenters. The molecular formula is C26H25F3N6O3. The molecule has 1 fully saturated rings. The molecule has 0 spiro atoms. The van der Waals surface area contributed by atoms with E-state index in [2.05, 4.69) is 20.3 Å². The van der Waals surface area contributed by atoms with E-state index >= 15 is 0 Å². The van der Waals surface area contributed by atoms with Gasteiger partial charge in [0.15, 0.2) is 11.2 Å². The van der Waals surface area contributed by atoms with Crippen LogP contribution in [0.3, 0.4) is 0 Å². The fourth-order valence-corrected chi connectivity index (χ4v) is 4.31. The number of rotatable bonds is 5. The average molecular weight is 527 g/mol. The summed E-state index contributed by atoms with van der Waals surface area (Å²) in [6.45, 7) is 5.19. The zero-order valence-corrected chi connectivity index (χ0v) is 20.9. The van der Waals surface area contributed by atoms with E-state index in [1.165, 1.54) is 24.3 Å². The lowest BCUT2D eigenvalue weighted by Gasteiger charge is -2.35. The van der Waals surface area contributed by atoms with Crippen LogP contribution in [0.15, 0.2) is 54.9 Å². The van der Waals surface area contributed by atoms with Crippen LogP contribution < -0.4 is 15.0 Å². The summed E-state index contributed by atoms with van der Waals surface area (Å²) in [5.41, 5.74) is 0.401. The average Bonchev–Trinajstić information content (AvgIpc) is 3.24. The normalized spacial score (nSPS) is 18.0. The molecule has 0 radical (unpaired) electrons. The van der Waals surface area contributed by atoms with E-state index in [0.29, 0.717) is 36.0 Å². The van der Waals surface area contributed by atoms with E-state index < -0.39 is 17.6 Å². The van der Waals surface area contributed by atoms with Gasteiger partial charge in [-0.3, -0.25) is 4.79 Å². The number of hydrogen-bond donors (Lipinski definition) is 1. The van der Waals surface area contributed by atoms with Crippen LogP contribution in [-0.4, -0.2) is 50.7 Å². The van der Waals surface area contributed by atoms with Crippen LogP contribution in [-0.2, 0) is 18.0 Å². The fourth-order valence-electron chi connectivity index (χ4n) is 4.31. The van der Waals surface area contributed by atoms with Crippen molar-refractivity contribution < 1.29 is 27.4 Å². The molecule has 2 atom stereocenters. The Morgan fingerprint density at radius 2 is 1.82 bits per heavy atom. The van der Waals surface area contributed by atoms with Crippen LogP contribution >= 0.6 is 0 Å². The number of carbonyl (C=O) groups excluding carboxylic acids is 1. The smallest absolute Gasteiger partial charge is 0.416 e. The van der Waals surface area contributed by atoms with E-state index in [9.17, 15) is 18.0 Å². The van der Waals surface area contributed by atoms with Gasteiger partial charge in [0.25, 0.3) is 11.8 Å². The molecule has 0 aliphatic carbocycles. The number of ether oxygens (including phenoxy) is 2. The minimum Gasteiger partial charge on any atom is -0.437 e. The number of halogens is 3. The third-order valence-electron chi connectivity index (χ3n) is 5.98. The van der Waals surface area contributed by atoms with Crippen LogP contribution in [0, 0.1) is 0 Å². The fraction of sp³-hybridized carbons (Fsp3) is 0.308. The largest absolute Gasteiger partial charge is 0.437 e. The van der Waals surface area contributed by atoms with Crippen LogP contribution in [0.2, 0.25) is 0 Å². The monoisotopic (exact) mass is 526 g/mol. The van der Waals surface area contributed by atoms with E-state index in [1.807, 2.05) is 25.8 Å². The molecule has 0 bridgehead atoms. The minimum atomic E-state index is -4.51.